The Labute approximate surface area is 168 Å². The Morgan fingerprint density at radius 1 is 0.967 bits per heavy atom. The molecule has 2 heterocycles. The number of pyridine rings is 1. The summed E-state index contributed by atoms with van der Waals surface area (Å²) in [5.41, 5.74) is 3.00. The number of carbonyl (C=O) groups excluding carboxylic acids is 1. The first-order valence-electron chi connectivity index (χ1n) is 8.84. The van der Waals surface area contributed by atoms with Crippen LogP contribution in [0, 0.1) is 0 Å². The van der Waals surface area contributed by atoms with Crippen molar-refractivity contribution in [3.05, 3.63) is 72.9 Å². The normalized spacial score (nSPS) is 11.3. The van der Waals surface area contributed by atoms with E-state index >= 15 is 0 Å². The molecule has 0 spiro atoms. The molecule has 0 aliphatic heterocycles. The van der Waals surface area contributed by atoms with E-state index in [0.717, 1.165) is 28.7 Å². The van der Waals surface area contributed by atoms with E-state index in [2.05, 4.69) is 25.3 Å². The maximum absolute atomic E-state index is 12.4. The molecule has 0 aliphatic rings. The van der Waals surface area contributed by atoms with Crippen molar-refractivity contribution in [2.24, 2.45) is 0 Å². The number of para-hydroxylation sites is 1. The number of halogens is 3. The van der Waals surface area contributed by atoms with Gasteiger partial charge in [-0.15, -0.1) is 13.2 Å². The molecule has 4 rings (SSSR count). The Bertz CT molecular complexity index is 1150. The first-order valence-corrected chi connectivity index (χ1v) is 8.84. The molecule has 30 heavy (non-hydrogen) atoms. The van der Waals surface area contributed by atoms with Gasteiger partial charge in [-0.3, -0.25) is 4.98 Å². The van der Waals surface area contributed by atoms with Crippen molar-refractivity contribution < 1.29 is 22.7 Å². The molecule has 9 heteroatoms. The van der Waals surface area contributed by atoms with Crippen molar-refractivity contribution in [3.63, 3.8) is 0 Å². The molecule has 2 aromatic carbocycles. The van der Waals surface area contributed by atoms with Gasteiger partial charge in [-0.2, -0.15) is 0 Å². The molecule has 0 bridgehead atoms. The number of aromatic nitrogens is 2. The number of hydrogen-bond acceptors (Lipinski definition) is 3. The van der Waals surface area contributed by atoms with Crippen molar-refractivity contribution in [3.8, 4) is 17.1 Å². The van der Waals surface area contributed by atoms with E-state index in [1.54, 1.807) is 18.3 Å². The van der Waals surface area contributed by atoms with Gasteiger partial charge in [0.15, 0.2) is 0 Å². The van der Waals surface area contributed by atoms with Crippen LogP contribution in [0.3, 0.4) is 0 Å². The number of H-pyrrole nitrogens is 1. The summed E-state index contributed by atoms with van der Waals surface area (Å²) in [6, 6.07) is 17.3. The van der Waals surface area contributed by atoms with Crippen LogP contribution >= 0.6 is 0 Å². The lowest BCUT2D eigenvalue weighted by atomic mass is 10.2. The highest BCUT2D eigenvalue weighted by molar-refractivity contribution is 6.02. The van der Waals surface area contributed by atoms with E-state index in [-0.39, 0.29) is 5.75 Å². The van der Waals surface area contributed by atoms with Crippen molar-refractivity contribution in [1.82, 2.24) is 9.97 Å². The standard InChI is InChI=1S/C21H15F3N4O2/c22-21(23,24)30-15-9-7-14(8-10-15)26-20(29)28-17-6-3-11-25-19(17)18-12-13-4-1-2-5-16(13)27-18/h1-12,27H,(H2,26,28,29). The van der Waals surface area contributed by atoms with E-state index in [9.17, 15) is 18.0 Å². The number of urea groups is 1. The van der Waals surface area contributed by atoms with Crippen LogP contribution in [0.4, 0.5) is 29.3 Å². The van der Waals surface area contributed by atoms with Crippen LogP contribution in [-0.4, -0.2) is 22.4 Å². The second-order valence-electron chi connectivity index (χ2n) is 6.32. The molecule has 0 saturated carbocycles. The zero-order valence-corrected chi connectivity index (χ0v) is 15.3. The first kappa shape index (κ1) is 19.3. The third-order valence-electron chi connectivity index (χ3n) is 4.19. The van der Waals surface area contributed by atoms with Crippen LogP contribution in [0.25, 0.3) is 22.3 Å². The lowest BCUT2D eigenvalue weighted by Crippen LogP contribution is -2.20. The Morgan fingerprint density at radius 3 is 2.47 bits per heavy atom. The Morgan fingerprint density at radius 2 is 1.73 bits per heavy atom. The van der Waals surface area contributed by atoms with Gasteiger partial charge in [-0.25, -0.2) is 4.79 Å². The van der Waals surface area contributed by atoms with Gasteiger partial charge in [0, 0.05) is 22.8 Å². The molecule has 0 fully saturated rings. The molecule has 6 nitrogen and oxygen atoms in total. The second kappa shape index (κ2) is 7.78. The summed E-state index contributed by atoms with van der Waals surface area (Å²) in [6.07, 6.45) is -3.16. The third kappa shape index (κ3) is 4.52. The summed E-state index contributed by atoms with van der Waals surface area (Å²) in [5.74, 6) is -0.373. The Kier molecular flexibility index (Phi) is 5.01. The van der Waals surface area contributed by atoms with Gasteiger partial charge in [0.2, 0.25) is 0 Å². The number of nitrogens with one attached hydrogen (secondary N) is 3. The van der Waals surface area contributed by atoms with Crippen molar-refractivity contribution in [2.45, 2.75) is 6.36 Å². The van der Waals surface area contributed by atoms with E-state index in [4.69, 9.17) is 0 Å². The molecule has 3 N–H and O–H groups in total. The molecule has 152 valence electrons. The SMILES string of the molecule is O=C(Nc1ccc(OC(F)(F)F)cc1)Nc1cccnc1-c1cc2ccccc2[nH]1. The second-order valence-corrected chi connectivity index (χ2v) is 6.32. The number of anilines is 2. The summed E-state index contributed by atoms with van der Waals surface area (Å²) in [4.78, 5) is 20.0. The maximum atomic E-state index is 12.4. The van der Waals surface area contributed by atoms with E-state index in [0.29, 0.717) is 17.1 Å². The van der Waals surface area contributed by atoms with E-state index < -0.39 is 12.4 Å². The van der Waals surface area contributed by atoms with Crippen LogP contribution in [0.15, 0.2) is 72.9 Å². The van der Waals surface area contributed by atoms with E-state index in [1.807, 2.05) is 30.3 Å². The minimum absolute atomic E-state index is 0.304. The van der Waals surface area contributed by atoms with Gasteiger partial charge in [0.25, 0.3) is 0 Å². The summed E-state index contributed by atoms with van der Waals surface area (Å²) >= 11 is 0. The topological polar surface area (TPSA) is 79.0 Å². The number of carbonyl (C=O) groups is 1. The number of amides is 2. The predicted molar refractivity (Wildman–Crippen MR) is 107 cm³/mol. The number of ether oxygens (including phenoxy) is 1. The fourth-order valence-electron chi connectivity index (χ4n) is 2.95. The summed E-state index contributed by atoms with van der Waals surface area (Å²) in [7, 11) is 0. The molecule has 0 unspecified atom stereocenters. The fourth-order valence-corrected chi connectivity index (χ4v) is 2.95. The third-order valence-corrected chi connectivity index (χ3v) is 4.19. The number of nitrogens with zero attached hydrogens (tertiary/aromatic N) is 1. The van der Waals surface area contributed by atoms with Gasteiger partial charge in [0.1, 0.15) is 11.4 Å². The molecule has 0 atom stereocenters. The van der Waals surface area contributed by atoms with Gasteiger partial charge in [0.05, 0.1) is 11.4 Å². The molecule has 4 aromatic rings. The van der Waals surface area contributed by atoms with Crippen LogP contribution in [-0.2, 0) is 0 Å². The van der Waals surface area contributed by atoms with E-state index in [1.165, 1.54) is 12.1 Å². The largest absolute Gasteiger partial charge is 0.573 e. The number of aromatic amines is 1. The summed E-state index contributed by atoms with van der Waals surface area (Å²) in [6.45, 7) is 0. The van der Waals surface area contributed by atoms with Gasteiger partial charge in [-0.05, 0) is 48.5 Å². The molecule has 2 aromatic heterocycles. The highest BCUT2D eigenvalue weighted by atomic mass is 19.4. The van der Waals surface area contributed by atoms with Gasteiger partial charge < -0.3 is 20.4 Å². The zero-order valence-electron chi connectivity index (χ0n) is 15.3. The van der Waals surface area contributed by atoms with Gasteiger partial charge in [-0.1, -0.05) is 18.2 Å². The monoisotopic (exact) mass is 412 g/mol. The highest BCUT2D eigenvalue weighted by Gasteiger charge is 2.30. The molecular weight excluding hydrogens is 397 g/mol. The highest BCUT2D eigenvalue weighted by Crippen LogP contribution is 2.28. The molecule has 0 aliphatic carbocycles. The minimum Gasteiger partial charge on any atom is -0.406 e. The number of benzene rings is 2. The quantitative estimate of drug-likeness (QED) is 0.398. The van der Waals surface area contributed by atoms with Crippen LogP contribution in [0.2, 0.25) is 0 Å². The molecular formula is C21H15F3N4O2. The molecule has 0 saturated heterocycles. The van der Waals surface area contributed by atoms with Crippen molar-refractivity contribution in [2.75, 3.05) is 10.6 Å². The smallest absolute Gasteiger partial charge is 0.406 e. The zero-order chi connectivity index (χ0) is 21.1. The summed E-state index contributed by atoms with van der Waals surface area (Å²) < 4.78 is 40.5. The van der Waals surface area contributed by atoms with Crippen molar-refractivity contribution in [1.29, 1.82) is 0 Å². The fraction of sp³-hybridized carbons (Fsp3) is 0.0476. The number of fused-ring (bicyclic) bond motifs is 1. The molecule has 2 amide bonds. The average molecular weight is 412 g/mol. The first-order chi connectivity index (χ1) is 14.4. The minimum atomic E-state index is -4.77. The van der Waals surface area contributed by atoms with Crippen LogP contribution in [0.5, 0.6) is 5.75 Å². The van der Waals surface area contributed by atoms with Crippen LogP contribution in [0.1, 0.15) is 0 Å². The lowest BCUT2D eigenvalue weighted by molar-refractivity contribution is -0.274. The average Bonchev–Trinajstić information content (AvgIpc) is 3.13. The Hall–Kier alpha value is -4.01. The predicted octanol–water partition coefficient (Wildman–Crippen LogP) is 5.77. The van der Waals surface area contributed by atoms with Crippen molar-refractivity contribution >= 4 is 28.3 Å². The Balaban J connectivity index is 1.49. The molecule has 0 radical (unpaired) electrons. The number of hydrogen-bond donors (Lipinski definition) is 3. The maximum Gasteiger partial charge on any atom is 0.573 e. The number of rotatable bonds is 4. The summed E-state index contributed by atoms with van der Waals surface area (Å²) in [5, 5.41) is 6.28. The number of alkyl halides is 3. The van der Waals surface area contributed by atoms with Crippen LogP contribution < -0.4 is 15.4 Å². The lowest BCUT2D eigenvalue weighted by Gasteiger charge is -2.12. The van der Waals surface area contributed by atoms with Gasteiger partial charge >= 0.3 is 12.4 Å².